The highest BCUT2D eigenvalue weighted by molar-refractivity contribution is 7.24. The highest BCUT2D eigenvalue weighted by Gasteiger charge is 2.46. The van der Waals surface area contributed by atoms with Crippen molar-refractivity contribution in [3.63, 3.8) is 0 Å². The average molecular weight is 1170 g/mol. The molecule has 4 heterocycles. The molecular formula is C76H76N4O2S3. The van der Waals surface area contributed by atoms with Crippen molar-refractivity contribution >= 4 is 112 Å². The van der Waals surface area contributed by atoms with Crippen molar-refractivity contribution in [2.45, 2.75) is 169 Å². The van der Waals surface area contributed by atoms with Crippen molar-refractivity contribution in [3.05, 3.63) is 159 Å². The molecule has 13 rings (SSSR count). The molecule has 0 saturated carbocycles. The maximum absolute atomic E-state index is 12.2. The van der Waals surface area contributed by atoms with Crippen LogP contribution in [0.25, 0.3) is 114 Å². The van der Waals surface area contributed by atoms with E-state index in [-0.39, 0.29) is 27.2 Å². The Hall–Kier alpha value is -7.22. The van der Waals surface area contributed by atoms with E-state index in [0.29, 0.717) is 6.54 Å². The van der Waals surface area contributed by atoms with Gasteiger partial charge in [0.05, 0.1) is 22.8 Å². The van der Waals surface area contributed by atoms with Crippen LogP contribution in [0, 0.1) is 11.3 Å². The van der Waals surface area contributed by atoms with Crippen LogP contribution in [-0.4, -0.2) is 24.4 Å². The molecule has 85 heavy (non-hydrogen) atoms. The van der Waals surface area contributed by atoms with Crippen LogP contribution in [0.2, 0.25) is 0 Å². The zero-order valence-electron chi connectivity index (χ0n) is 51.2. The second kappa shape index (κ2) is 21.3. The molecule has 430 valence electrons. The summed E-state index contributed by atoms with van der Waals surface area (Å²) < 4.78 is 13.1. The Labute approximate surface area is 512 Å². The first-order chi connectivity index (χ1) is 40.7. The molecule has 0 amide bonds. The molecule has 0 unspecified atom stereocenters. The molecule has 1 N–H and O–H groups in total. The number of nitriles is 1. The monoisotopic (exact) mass is 1170 g/mol. The summed E-state index contributed by atoms with van der Waals surface area (Å²) in [6.07, 6.45) is 12.9. The lowest BCUT2D eigenvalue weighted by atomic mass is 9.71. The lowest BCUT2D eigenvalue weighted by Crippen LogP contribution is -2.25. The number of thiophene rings is 2. The van der Waals surface area contributed by atoms with Gasteiger partial charge >= 0.3 is 5.97 Å². The van der Waals surface area contributed by atoms with E-state index in [2.05, 4.69) is 196 Å². The lowest BCUT2D eigenvalue weighted by molar-refractivity contribution is -0.132. The molecule has 1 aliphatic rings. The van der Waals surface area contributed by atoms with Crippen molar-refractivity contribution in [1.29, 1.82) is 5.26 Å². The fourth-order valence-electron chi connectivity index (χ4n) is 14.2. The standard InChI is InChI=1S/C76H76N4O2S3/c1-12-14-16-18-32-76(33-19-17-15-13-2)59-38-50(36-46(42-77)72(81)82)83-70(59)71-60(76)41-63(84-71)56-31-30-55(68-69(56)79-85-78-68)58-40-62-67-65-52(23-21-25-54(58)65)51-22-20-24-53-57(45-26-28-47(29-27-45)73(3,4)5)39-61(66(67)64(51)53)80(62)43-44-34-48(74(6,7)8)37-49(35-44)75(9,10)11/h20-31,34-41H,12-19,32-33,43H2,1-11H3,(H,81,82)/b46-36-. The molecule has 0 bridgehead atoms. The molecule has 0 saturated heterocycles. The SMILES string of the molecule is CCCCCCC1(CCCCCC)c2cc(/C=C(/C#N)C(=O)O)sc2-c2sc(-c3ccc(-c4cc5c6c7c4cccc7c4cccc7c(-c8ccc(C(C)(C)C)cc8)cc(c6c74)n5Cc4cc(C(C)(C)C)cc(C(C)(C)C)c4)c4nsnc34)cc21. The van der Waals surface area contributed by atoms with Gasteiger partial charge in [-0.3, -0.25) is 0 Å². The van der Waals surface area contributed by atoms with Gasteiger partial charge in [-0.25, -0.2) is 4.79 Å². The first-order valence-electron chi connectivity index (χ1n) is 30.9. The van der Waals surface area contributed by atoms with E-state index < -0.39 is 5.97 Å². The van der Waals surface area contributed by atoms with Gasteiger partial charge < -0.3 is 9.67 Å². The largest absolute Gasteiger partial charge is 0.477 e. The third-order valence-corrected chi connectivity index (χ3v) is 21.7. The number of fused-ring (bicyclic) bond motifs is 5. The molecular weight excluding hydrogens is 1100 g/mol. The summed E-state index contributed by atoms with van der Waals surface area (Å²) >= 11 is 4.76. The van der Waals surface area contributed by atoms with Crippen molar-refractivity contribution in [2.24, 2.45) is 0 Å². The Balaban J connectivity index is 1.03. The van der Waals surface area contributed by atoms with Gasteiger partial charge in [-0.2, -0.15) is 14.0 Å². The van der Waals surface area contributed by atoms with Crippen molar-refractivity contribution in [1.82, 2.24) is 13.3 Å². The average Bonchev–Trinajstić information content (AvgIpc) is 1.66. The Morgan fingerprint density at radius 2 is 1.11 bits per heavy atom. The molecule has 8 aromatic carbocycles. The minimum absolute atomic E-state index is 0.0378. The van der Waals surface area contributed by atoms with Gasteiger partial charge in [-0.15, -0.1) is 22.7 Å². The molecule has 6 nitrogen and oxygen atoms in total. The third-order valence-electron chi connectivity index (χ3n) is 18.8. The topological polar surface area (TPSA) is 91.8 Å². The minimum atomic E-state index is -1.20. The maximum atomic E-state index is 12.2. The second-order valence-electron chi connectivity index (χ2n) is 27.5. The summed E-state index contributed by atoms with van der Waals surface area (Å²) in [5, 5.41) is 30.1. The van der Waals surface area contributed by atoms with E-state index in [4.69, 9.17) is 8.75 Å². The molecule has 1 aliphatic carbocycles. The summed E-state index contributed by atoms with van der Waals surface area (Å²) in [6.45, 7) is 26.1. The number of carboxylic acid groups (broad SMARTS) is 1. The number of unbranched alkanes of at least 4 members (excludes halogenated alkanes) is 6. The van der Waals surface area contributed by atoms with Crippen LogP contribution in [-0.2, 0) is 33.0 Å². The van der Waals surface area contributed by atoms with Gasteiger partial charge in [-0.1, -0.05) is 219 Å². The first-order valence-corrected chi connectivity index (χ1v) is 33.2. The number of hydrogen-bond acceptors (Lipinski definition) is 7. The van der Waals surface area contributed by atoms with E-state index in [1.165, 1.54) is 164 Å². The first kappa shape index (κ1) is 56.9. The highest BCUT2D eigenvalue weighted by atomic mass is 32.1. The minimum Gasteiger partial charge on any atom is -0.477 e. The molecule has 0 fully saturated rings. The number of rotatable bonds is 17. The summed E-state index contributed by atoms with van der Waals surface area (Å²) in [5.41, 5.74) is 17.6. The number of benzene rings is 8. The summed E-state index contributed by atoms with van der Waals surface area (Å²) in [5.74, 6) is -1.20. The highest BCUT2D eigenvalue weighted by Crippen LogP contribution is 2.62. The lowest BCUT2D eigenvalue weighted by Gasteiger charge is -2.31. The molecule has 4 aromatic heterocycles. The number of aromatic nitrogens is 3. The Kier molecular flexibility index (Phi) is 14.3. The second-order valence-corrected chi connectivity index (χ2v) is 30.1. The Morgan fingerprint density at radius 3 is 1.67 bits per heavy atom. The van der Waals surface area contributed by atoms with Crippen LogP contribution in [0.4, 0.5) is 0 Å². The fourth-order valence-corrected chi connectivity index (χ4v) is 17.4. The third kappa shape index (κ3) is 9.57. The molecule has 0 atom stereocenters. The number of hydrogen-bond donors (Lipinski definition) is 1. The quantitative estimate of drug-likeness (QED) is 0.0322. The van der Waals surface area contributed by atoms with E-state index in [9.17, 15) is 15.2 Å². The van der Waals surface area contributed by atoms with Gasteiger partial charge in [0, 0.05) is 64.1 Å². The fraction of sp³-hybridized carbons (Fsp3) is 0.342. The Morgan fingerprint density at radius 1 is 0.576 bits per heavy atom. The van der Waals surface area contributed by atoms with Crippen LogP contribution < -0.4 is 0 Å². The van der Waals surface area contributed by atoms with Crippen LogP contribution in [0.3, 0.4) is 0 Å². The van der Waals surface area contributed by atoms with Gasteiger partial charge in [-0.05, 0) is 131 Å². The molecule has 0 aliphatic heterocycles. The van der Waals surface area contributed by atoms with E-state index in [1.807, 2.05) is 17.4 Å². The zero-order valence-corrected chi connectivity index (χ0v) is 53.6. The number of aliphatic carboxylic acids is 1. The van der Waals surface area contributed by atoms with Crippen LogP contribution >= 0.6 is 34.4 Å². The molecule has 12 aromatic rings. The predicted molar refractivity (Wildman–Crippen MR) is 364 cm³/mol. The van der Waals surface area contributed by atoms with Crippen molar-refractivity contribution in [2.75, 3.05) is 0 Å². The van der Waals surface area contributed by atoms with Crippen molar-refractivity contribution < 1.29 is 9.90 Å². The summed E-state index contributed by atoms with van der Waals surface area (Å²) in [7, 11) is 0. The Bertz CT molecular complexity index is 4600. The van der Waals surface area contributed by atoms with Crippen molar-refractivity contribution in [3.8, 4) is 48.5 Å². The smallest absolute Gasteiger partial charge is 0.346 e. The van der Waals surface area contributed by atoms with E-state index >= 15 is 0 Å². The number of nitrogens with zero attached hydrogens (tertiary/aromatic N) is 4. The van der Waals surface area contributed by atoms with Crippen LogP contribution in [0.15, 0.2) is 121 Å². The van der Waals surface area contributed by atoms with Crippen LogP contribution in [0.5, 0.6) is 0 Å². The molecule has 0 spiro atoms. The zero-order chi connectivity index (χ0) is 59.5. The van der Waals surface area contributed by atoms with Gasteiger partial charge in [0.25, 0.3) is 0 Å². The molecule has 9 heteroatoms. The number of carboxylic acids is 1. The summed E-state index contributed by atoms with van der Waals surface area (Å²) in [4.78, 5) is 16.6. The predicted octanol–water partition coefficient (Wildman–Crippen LogP) is 22.4. The van der Waals surface area contributed by atoms with E-state index in [1.54, 1.807) is 17.4 Å². The van der Waals surface area contributed by atoms with E-state index in [0.717, 1.165) is 58.3 Å². The normalized spacial score (nSPS) is 13.9. The van der Waals surface area contributed by atoms with Gasteiger partial charge in [0.15, 0.2) is 0 Å². The summed E-state index contributed by atoms with van der Waals surface area (Å²) in [6, 6.07) is 46.8. The maximum Gasteiger partial charge on any atom is 0.346 e. The molecule has 0 radical (unpaired) electrons. The number of carbonyl (C=O) groups is 1. The van der Waals surface area contributed by atoms with Gasteiger partial charge in [0.2, 0.25) is 0 Å². The van der Waals surface area contributed by atoms with Gasteiger partial charge in [0.1, 0.15) is 22.7 Å². The van der Waals surface area contributed by atoms with Crippen LogP contribution in [0.1, 0.15) is 179 Å².